The van der Waals surface area contributed by atoms with Crippen LogP contribution in [0.25, 0.3) is 0 Å². The number of carbonyl (C=O) groups is 1. The van der Waals surface area contributed by atoms with Gasteiger partial charge >= 0.3 is 5.97 Å². The number of hydrogen-bond acceptors (Lipinski definition) is 7. The Bertz CT molecular complexity index is 845. The third-order valence-corrected chi connectivity index (χ3v) is 5.22. The highest BCUT2D eigenvalue weighted by Gasteiger charge is 2.34. The quantitative estimate of drug-likeness (QED) is 0.573. The van der Waals surface area contributed by atoms with Gasteiger partial charge in [-0.25, -0.2) is 9.48 Å². The van der Waals surface area contributed by atoms with Crippen LogP contribution in [0.3, 0.4) is 0 Å². The zero-order valence-electron chi connectivity index (χ0n) is 16.0. The van der Waals surface area contributed by atoms with E-state index in [1.165, 1.54) is 7.11 Å². The highest BCUT2D eigenvalue weighted by atomic mass is 32.2. The molecule has 7 nitrogen and oxygen atoms in total. The summed E-state index contributed by atoms with van der Waals surface area (Å²) in [6.45, 7) is 6.51. The average Bonchev–Trinajstić information content (AvgIpc) is 3.08. The van der Waals surface area contributed by atoms with Gasteiger partial charge in [-0.15, -0.1) is 5.10 Å². The second-order valence-electron chi connectivity index (χ2n) is 6.07. The van der Waals surface area contributed by atoms with E-state index < -0.39 is 6.04 Å². The molecule has 1 unspecified atom stereocenters. The first-order chi connectivity index (χ1) is 13.1. The summed E-state index contributed by atoms with van der Waals surface area (Å²) in [6, 6.07) is 7.28. The van der Waals surface area contributed by atoms with Crippen LogP contribution in [0.1, 0.15) is 38.8 Å². The normalized spacial score (nSPS) is 15.9. The molecule has 0 spiro atoms. The van der Waals surface area contributed by atoms with Crippen molar-refractivity contribution in [3.05, 3.63) is 41.1 Å². The zero-order chi connectivity index (χ0) is 19.4. The largest absolute Gasteiger partial charge is 0.494 e. The molecule has 8 heteroatoms. The summed E-state index contributed by atoms with van der Waals surface area (Å²) < 4.78 is 12.3. The van der Waals surface area contributed by atoms with E-state index in [2.05, 4.69) is 22.3 Å². The highest BCUT2D eigenvalue weighted by molar-refractivity contribution is 7.99. The molecular weight excluding hydrogens is 364 g/mol. The van der Waals surface area contributed by atoms with E-state index >= 15 is 0 Å². The Morgan fingerprint density at radius 1 is 1.30 bits per heavy atom. The number of rotatable bonds is 7. The number of nitrogens with one attached hydrogen (secondary N) is 1. The first-order valence-electron chi connectivity index (χ1n) is 8.97. The van der Waals surface area contributed by atoms with E-state index in [0.29, 0.717) is 29.0 Å². The fourth-order valence-electron chi connectivity index (χ4n) is 2.98. The molecule has 2 aromatic rings. The van der Waals surface area contributed by atoms with Gasteiger partial charge in [0.2, 0.25) is 11.1 Å². The second-order valence-corrected chi connectivity index (χ2v) is 7.13. The molecule has 1 aliphatic heterocycles. The standard InChI is InChI=1S/C19H24N4O3S/c1-5-11-27-19-21-18-20-12(3)15(17(24)25-4)16(23(18)22-19)13-7-9-14(10-8-13)26-6-2/h7-10,16H,5-6,11H2,1-4H3,(H,20,21,22). The lowest BCUT2D eigenvalue weighted by atomic mass is 9.96. The molecule has 1 atom stereocenters. The van der Waals surface area contributed by atoms with Crippen LogP contribution in [0.5, 0.6) is 5.75 Å². The molecule has 3 rings (SSSR count). The Kier molecular flexibility index (Phi) is 6.05. The summed E-state index contributed by atoms with van der Waals surface area (Å²) in [5.74, 6) is 1.96. The third-order valence-electron chi connectivity index (χ3n) is 4.18. The Hall–Kier alpha value is -2.48. The third kappa shape index (κ3) is 3.95. The lowest BCUT2D eigenvalue weighted by molar-refractivity contribution is -0.136. The van der Waals surface area contributed by atoms with Gasteiger partial charge in [0.15, 0.2) is 0 Å². The van der Waals surface area contributed by atoms with Gasteiger partial charge in [0.1, 0.15) is 11.8 Å². The number of methoxy groups -OCH3 is 1. The van der Waals surface area contributed by atoms with Crippen LogP contribution in [-0.4, -0.2) is 40.2 Å². The highest BCUT2D eigenvalue weighted by Crippen LogP contribution is 2.37. The predicted molar refractivity (Wildman–Crippen MR) is 105 cm³/mol. The molecule has 0 amide bonds. The number of thioether (sulfide) groups is 1. The van der Waals surface area contributed by atoms with Crippen molar-refractivity contribution >= 4 is 23.7 Å². The maximum absolute atomic E-state index is 12.5. The van der Waals surface area contributed by atoms with E-state index in [9.17, 15) is 4.79 Å². The number of esters is 1. The van der Waals surface area contributed by atoms with Gasteiger partial charge in [-0.05, 0) is 38.0 Å². The number of anilines is 1. The van der Waals surface area contributed by atoms with E-state index in [4.69, 9.17) is 9.47 Å². The van der Waals surface area contributed by atoms with Crippen LogP contribution in [0.15, 0.2) is 40.7 Å². The lowest BCUT2D eigenvalue weighted by Crippen LogP contribution is -2.29. The minimum Gasteiger partial charge on any atom is -0.494 e. The number of allylic oxidation sites excluding steroid dienone is 1. The van der Waals surface area contributed by atoms with Crippen molar-refractivity contribution in [1.29, 1.82) is 0 Å². The van der Waals surface area contributed by atoms with Crippen molar-refractivity contribution in [2.45, 2.75) is 38.4 Å². The number of nitrogens with zero attached hydrogens (tertiary/aromatic N) is 3. The van der Waals surface area contributed by atoms with E-state index in [1.807, 2.05) is 38.1 Å². The molecule has 0 saturated carbocycles. The average molecular weight is 388 g/mol. The fraction of sp³-hybridized carbons (Fsp3) is 0.421. The van der Waals surface area contributed by atoms with Crippen molar-refractivity contribution < 1.29 is 14.3 Å². The van der Waals surface area contributed by atoms with Gasteiger partial charge in [0.25, 0.3) is 0 Å². The van der Waals surface area contributed by atoms with E-state index in [1.54, 1.807) is 16.4 Å². The molecule has 0 aliphatic carbocycles. The fourth-order valence-corrected chi connectivity index (χ4v) is 3.66. The Labute approximate surface area is 163 Å². The van der Waals surface area contributed by atoms with Gasteiger partial charge in [0, 0.05) is 11.4 Å². The van der Waals surface area contributed by atoms with Crippen molar-refractivity contribution in [2.75, 3.05) is 24.8 Å². The molecule has 1 aliphatic rings. The molecule has 0 bridgehead atoms. The summed E-state index contributed by atoms with van der Waals surface area (Å²) in [4.78, 5) is 17.1. The van der Waals surface area contributed by atoms with Crippen molar-refractivity contribution in [3.8, 4) is 5.75 Å². The summed E-state index contributed by atoms with van der Waals surface area (Å²) in [5, 5.41) is 8.51. The van der Waals surface area contributed by atoms with Crippen LogP contribution < -0.4 is 10.1 Å². The van der Waals surface area contributed by atoms with Crippen LogP contribution in [0.4, 0.5) is 5.95 Å². The number of benzene rings is 1. The van der Waals surface area contributed by atoms with E-state index in [-0.39, 0.29) is 5.97 Å². The predicted octanol–water partition coefficient (Wildman–Crippen LogP) is 3.64. The number of carbonyl (C=O) groups excluding carboxylic acids is 1. The number of aromatic nitrogens is 3. The minimum absolute atomic E-state index is 0.386. The first kappa shape index (κ1) is 19.3. The summed E-state index contributed by atoms with van der Waals surface area (Å²) in [7, 11) is 1.39. The van der Waals surface area contributed by atoms with E-state index in [0.717, 1.165) is 23.5 Å². The number of hydrogen-bond donors (Lipinski definition) is 1. The number of fused-ring (bicyclic) bond motifs is 1. The van der Waals surface area contributed by atoms with Crippen molar-refractivity contribution in [2.24, 2.45) is 0 Å². The summed E-state index contributed by atoms with van der Waals surface area (Å²) in [6.07, 6.45) is 1.04. The SMILES string of the molecule is CCCSc1nc2n(n1)C(c1ccc(OCC)cc1)C(C(=O)OC)=C(C)N2. The second kappa shape index (κ2) is 8.47. The first-order valence-corrected chi connectivity index (χ1v) is 9.95. The lowest BCUT2D eigenvalue weighted by Gasteiger charge is -2.27. The molecule has 2 heterocycles. The van der Waals surface area contributed by atoms with Crippen LogP contribution >= 0.6 is 11.8 Å². The molecule has 1 aromatic carbocycles. The van der Waals surface area contributed by atoms with Crippen LogP contribution in [0.2, 0.25) is 0 Å². The molecule has 1 N–H and O–H groups in total. The Morgan fingerprint density at radius 3 is 2.67 bits per heavy atom. The maximum atomic E-state index is 12.5. The molecular formula is C19H24N4O3S. The summed E-state index contributed by atoms with van der Waals surface area (Å²) >= 11 is 1.60. The molecule has 0 radical (unpaired) electrons. The monoisotopic (exact) mass is 388 g/mol. The van der Waals surface area contributed by atoms with Crippen molar-refractivity contribution in [3.63, 3.8) is 0 Å². The topological polar surface area (TPSA) is 78.3 Å². The maximum Gasteiger partial charge on any atom is 0.338 e. The molecule has 0 saturated heterocycles. The van der Waals surface area contributed by atoms with Gasteiger partial charge < -0.3 is 14.8 Å². The van der Waals surface area contributed by atoms with Gasteiger partial charge in [0.05, 0.1) is 19.3 Å². The Balaban J connectivity index is 2.05. The van der Waals surface area contributed by atoms with Gasteiger partial charge in [-0.3, -0.25) is 0 Å². The van der Waals surface area contributed by atoms with Crippen LogP contribution in [0, 0.1) is 0 Å². The van der Waals surface area contributed by atoms with Crippen LogP contribution in [-0.2, 0) is 9.53 Å². The minimum atomic E-state index is -0.409. The van der Waals surface area contributed by atoms with Gasteiger partial charge in [-0.1, -0.05) is 30.8 Å². The molecule has 144 valence electrons. The van der Waals surface area contributed by atoms with Crippen molar-refractivity contribution in [1.82, 2.24) is 14.8 Å². The smallest absolute Gasteiger partial charge is 0.338 e. The molecule has 1 aromatic heterocycles. The molecule has 27 heavy (non-hydrogen) atoms. The summed E-state index contributed by atoms with van der Waals surface area (Å²) in [5.41, 5.74) is 2.15. The Morgan fingerprint density at radius 2 is 2.04 bits per heavy atom. The van der Waals surface area contributed by atoms with Gasteiger partial charge in [-0.2, -0.15) is 4.98 Å². The zero-order valence-corrected chi connectivity index (χ0v) is 16.8. The number of ether oxygens (including phenoxy) is 2. The molecule has 0 fully saturated rings.